The van der Waals surface area contributed by atoms with E-state index in [-0.39, 0.29) is 17.7 Å². The monoisotopic (exact) mass is 296 g/mol. The van der Waals surface area contributed by atoms with Gasteiger partial charge in [0.05, 0.1) is 16.6 Å². The number of likely N-dealkylation sites (tertiary alicyclic amines) is 1. The van der Waals surface area contributed by atoms with Gasteiger partial charge in [-0.1, -0.05) is 13.8 Å². The van der Waals surface area contributed by atoms with Gasteiger partial charge in [0.15, 0.2) is 0 Å². The highest BCUT2D eigenvalue weighted by Crippen LogP contribution is 2.27. The van der Waals surface area contributed by atoms with E-state index in [9.17, 15) is 9.59 Å². The lowest BCUT2D eigenvalue weighted by Crippen LogP contribution is -2.44. The largest absolute Gasteiger partial charge is 0.481 e. The number of carbonyl (C=O) groups excluding carboxylic acids is 1. The van der Waals surface area contributed by atoms with Crippen LogP contribution >= 0.6 is 11.3 Å². The quantitative estimate of drug-likeness (QED) is 0.928. The van der Waals surface area contributed by atoms with Gasteiger partial charge in [-0.3, -0.25) is 9.59 Å². The minimum atomic E-state index is -0.758. The lowest BCUT2D eigenvalue weighted by atomic mass is 9.87. The smallest absolute Gasteiger partial charge is 0.306 e. The van der Waals surface area contributed by atoms with Crippen LogP contribution < -0.4 is 0 Å². The molecule has 0 bridgehead atoms. The van der Waals surface area contributed by atoms with Crippen molar-refractivity contribution in [1.82, 2.24) is 9.88 Å². The van der Waals surface area contributed by atoms with Crippen molar-refractivity contribution in [2.24, 2.45) is 11.8 Å². The first-order valence-corrected chi connectivity index (χ1v) is 7.74. The molecule has 20 heavy (non-hydrogen) atoms. The summed E-state index contributed by atoms with van der Waals surface area (Å²) < 4.78 is 0. The zero-order valence-electron chi connectivity index (χ0n) is 12.0. The summed E-state index contributed by atoms with van der Waals surface area (Å²) >= 11 is 1.45. The van der Waals surface area contributed by atoms with Gasteiger partial charge in [0, 0.05) is 13.1 Å². The molecule has 1 aliphatic heterocycles. The summed E-state index contributed by atoms with van der Waals surface area (Å²) in [7, 11) is 0. The van der Waals surface area contributed by atoms with Crippen LogP contribution in [-0.4, -0.2) is 40.0 Å². The van der Waals surface area contributed by atoms with Gasteiger partial charge >= 0.3 is 5.97 Å². The lowest BCUT2D eigenvalue weighted by Gasteiger charge is -2.34. The van der Waals surface area contributed by atoms with Crippen molar-refractivity contribution in [2.75, 3.05) is 13.1 Å². The SMILES string of the molecule is CCc1nc(C)c(C(=O)N2CCC(C(=O)O)C(C)C2)s1. The van der Waals surface area contributed by atoms with Crippen molar-refractivity contribution < 1.29 is 14.7 Å². The Balaban J connectivity index is 2.11. The molecule has 1 aliphatic rings. The van der Waals surface area contributed by atoms with Gasteiger partial charge in [0.2, 0.25) is 0 Å². The summed E-state index contributed by atoms with van der Waals surface area (Å²) in [6.07, 6.45) is 1.36. The van der Waals surface area contributed by atoms with E-state index in [1.807, 2.05) is 20.8 Å². The number of hydrogen-bond donors (Lipinski definition) is 1. The average molecular weight is 296 g/mol. The maximum atomic E-state index is 12.5. The Kier molecular flexibility index (Phi) is 4.42. The minimum Gasteiger partial charge on any atom is -0.481 e. The van der Waals surface area contributed by atoms with Crippen LogP contribution in [0.2, 0.25) is 0 Å². The summed E-state index contributed by atoms with van der Waals surface area (Å²) in [5, 5.41) is 10.1. The molecule has 1 amide bonds. The molecule has 1 aromatic heterocycles. The Morgan fingerprint density at radius 1 is 1.50 bits per heavy atom. The number of carboxylic acid groups (broad SMARTS) is 1. The molecule has 0 aromatic carbocycles. The number of aromatic nitrogens is 1. The van der Waals surface area contributed by atoms with Crippen LogP contribution in [0.15, 0.2) is 0 Å². The van der Waals surface area contributed by atoms with Gasteiger partial charge in [-0.05, 0) is 25.7 Å². The number of aryl methyl sites for hydroxylation is 2. The van der Waals surface area contributed by atoms with Crippen LogP contribution in [-0.2, 0) is 11.2 Å². The third-order valence-corrected chi connectivity index (χ3v) is 5.14. The molecule has 0 spiro atoms. The van der Waals surface area contributed by atoms with E-state index >= 15 is 0 Å². The summed E-state index contributed by atoms with van der Waals surface area (Å²) in [6.45, 7) is 6.80. The Bertz CT molecular complexity index is 526. The highest BCUT2D eigenvalue weighted by atomic mass is 32.1. The number of nitrogens with zero attached hydrogens (tertiary/aromatic N) is 2. The van der Waals surface area contributed by atoms with Crippen molar-refractivity contribution in [3.63, 3.8) is 0 Å². The fourth-order valence-corrected chi connectivity index (χ4v) is 3.61. The predicted molar refractivity (Wildman–Crippen MR) is 77.0 cm³/mol. The Labute approximate surface area is 122 Å². The molecule has 1 N–H and O–H groups in total. The van der Waals surface area contributed by atoms with Crippen LogP contribution in [0.25, 0.3) is 0 Å². The van der Waals surface area contributed by atoms with Crippen LogP contribution in [0.5, 0.6) is 0 Å². The Hall–Kier alpha value is -1.43. The van der Waals surface area contributed by atoms with Gasteiger partial charge in [0.25, 0.3) is 5.91 Å². The second kappa shape index (κ2) is 5.91. The van der Waals surface area contributed by atoms with E-state index in [0.29, 0.717) is 24.4 Å². The molecule has 2 atom stereocenters. The fraction of sp³-hybridized carbons (Fsp3) is 0.643. The van der Waals surface area contributed by atoms with Crippen molar-refractivity contribution >= 4 is 23.2 Å². The number of rotatable bonds is 3. The van der Waals surface area contributed by atoms with E-state index in [2.05, 4.69) is 4.98 Å². The Morgan fingerprint density at radius 3 is 2.70 bits per heavy atom. The maximum Gasteiger partial charge on any atom is 0.306 e. The number of carbonyl (C=O) groups is 2. The number of aliphatic carboxylic acids is 1. The average Bonchev–Trinajstić information content (AvgIpc) is 2.78. The van der Waals surface area contributed by atoms with E-state index < -0.39 is 5.97 Å². The third kappa shape index (κ3) is 2.85. The molecule has 0 radical (unpaired) electrons. The summed E-state index contributed by atoms with van der Waals surface area (Å²) in [6, 6.07) is 0. The molecule has 1 saturated heterocycles. The van der Waals surface area contributed by atoms with Crippen molar-refractivity contribution in [3.05, 3.63) is 15.6 Å². The van der Waals surface area contributed by atoms with Gasteiger partial charge in [0.1, 0.15) is 4.88 Å². The number of carboxylic acids is 1. The van der Waals surface area contributed by atoms with Gasteiger partial charge in [-0.2, -0.15) is 0 Å². The van der Waals surface area contributed by atoms with Crippen molar-refractivity contribution in [2.45, 2.75) is 33.6 Å². The van der Waals surface area contributed by atoms with E-state index in [0.717, 1.165) is 17.1 Å². The van der Waals surface area contributed by atoms with Crippen LogP contribution in [0.1, 0.15) is 40.6 Å². The second-order valence-corrected chi connectivity index (χ2v) is 6.42. The van der Waals surface area contributed by atoms with Crippen LogP contribution in [0.3, 0.4) is 0 Å². The van der Waals surface area contributed by atoms with Gasteiger partial charge in [-0.15, -0.1) is 11.3 Å². The summed E-state index contributed by atoms with van der Waals surface area (Å²) in [5.74, 6) is -1.11. The molecule has 6 heteroatoms. The van der Waals surface area contributed by atoms with Crippen LogP contribution in [0.4, 0.5) is 0 Å². The molecule has 2 heterocycles. The van der Waals surface area contributed by atoms with Gasteiger partial charge in [-0.25, -0.2) is 4.98 Å². The number of piperidine rings is 1. The minimum absolute atomic E-state index is 0.00427. The highest BCUT2D eigenvalue weighted by molar-refractivity contribution is 7.13. The maximum absolute atomic E-state index is 12.5. The van der Waals surface area contributed by atoms with Crippen molar-refractivity contribution in [3.8, 4) is 0 Å². The van der Waals surface area contributed by atoms with E-state index in [1.54, 1.807) is 4.90 Å². The molecule has 5 nitrogen and oxygen atoms in total. The molecule has 2 rings (SSSR count). The van der Waals surface area contributed by atoms with E-state index in [1.165, 1.54) is 11.3 Å². The Morgan fingerprint density at radius 2 is 2.20 bits per heavy atom. The van der Waals surface area contributed by atoms with Crippen molar-refractivity contribution in [1.29, 1.82) is 0 Å². The third-order valence-electron chi connectivity index (χ3n) is 3.85. The number of thiazole rings is 1. The normalized spacial score (nSPS) is 22.9. The van der Waals surface area contributed by atoms with Crippen LogP contribution in [0, 0.1) is 18.8 Å². The zero-order valence-corrected chi connectivity index (χ0v) is 12.9. The summed E-state index contributed by atoms with van der Waals surface area (Å²) in [5.41, 5.74) is 0.782. The van der Waals surface area contributed by atoms with Gasteiger partial charge < -0.3 is 10.0 Å². The first-order valence-electron chi connectivity index (χ1n) is 6.92. The standard InChI is InChI=1S/C14H20N2O3S/c1-4-11-15-9(3)12(20-11)13(17)16-6-5-10(14(18)19)8(2)7-16/h8,10H,4-7H2,1-3H3,(H,18,19). The van der Waals surface area contributed by atoms with E-state index in [4.69, 9.17) is 5.11 Å². The molecular formula is C14H20N2O3S. The lowest BCUT2D eigenvalue weighted by molar-refractivity contribution is -0.145. The molecule has 1 aromatic rings. The predicted octanol–water partition coefficient (Wildman–Crippen LogP) is 2.20. The topological polar surface area (TPSA) is 70.5 Å². The first-order chi connectivity index (χ1) is 9.43. The second-order valence-electron chi connectivity index (χ2n) is 5.34. The zero-order chi connectivity index (χ0) is 14.9. The number of hydrogen-bond acceptors (Lipinski definition) is 4. The molecule has 1 fully saturated rings. The fourth-order valence-electron chi connectivity index (χ4n) is 2.64. The first kappa shape index (κ1) is 15.0. The highest BCUT2D eigenvalue weighted by Gasteiger charge is 2.34. The molecule has 0 saturated carbocycles. The molecule has 0 aliphatic carbocycles. The molecule has 110 valence electrons. The molecular weight excluding hydrogens is 276 g/mol. The molecule has 2 unspecified atom stereocenters. The number of amides is 1. The summed E-state index contributed by atoms with van der Waals surface area (Å²) in [4.78, 5) is 30.5.